The third kappa shape index (κ3) is 5.38. The van der Waals surface area contributed by atoms with Gasteiger partial charge in [0.25, 0.3) is 0 Å². The highest BCUT2D eigenvalue weighted by Crippen LogP contribution is 2.24. The zero-order valence-corrected chi connectivity index (χ0v) is 11.9. The molecule has 1 aromatic carbocycles. The van der Waals surface area contributed by atoms with Crippen molar-refractivity contribution < 1.29 is 5.11 Å². The summed E-state index contributed by atoms with van der Waals surface area (Å²) in [5.74, 6) is 7.06. The van der Waals surface area contributed by atoms with Crippen LogP contribution in [0.5, 0.6) is 0 Å². The largest absolute Gasteiger partial charge is 0.378 e. The molecule has 1 aromatic rings. The van der Waals surface area contributed by atoms with E-state index in [1.54, 1.807) is 0 Å². The molecule has 0 radical (unpaired) electrons. The van der Waals surface area contributed by atoms with E-state index >= 15 is 0 Å². The predicted octanol–water partition coefficient (Wildman–Crippen LogP) is 3.86. The quantitative estimate of drug-likeness (QED) is 0.797. The van der Waals surface area contributed by atoms with Gasteiger partial charge in [-0.15, -0.1) is 0 Å². The average molecular weight is 244 g/mol. The molecule has 1 heteroatoms. The summed E-state index contributed by atoms with van der Waals surface area (Å²) in [5, 5.41) is 10.6. The molecule has 0 bridgehead atoms. The fourth-order valence-corrected chi connectivity index (χ4v) is 2.25. The van der Waals surface area contributed by atoms with Crippen LogP contribution >= 0.6 is 0 Å². The summed E-state index contributed by atoms with van der Waals surface area (Å²) in [6, 6.07) is 9.85. The third-order valence-electron chi connectivity index (χ3n) is 2.71. The van der Waals surface area contributed by atoms with Crippen molar-refractivity contribution in [3.8, 4) is 11.8 Å². The Labute approximate surface area is 111 Å². The zero-order chi connectivity index (χ0) is 13.6. The summed E-state index contributed by atoms with van der Waals surface area (Å²) in [6.45, 7) is 8.48. The van der Waals surface area contributed by atoms with Crippen LogP contribution < -0.4 is 0 Å². The van der Waals surface area contributed by atoms with Gasteiger partial charge in [-0.1, -0.05) is 57.7 Å². The van der Waals surface area contributed by atoms with E-state index in [2.05, 4.69) is 39.5 Å². The van der Waals surface area contributed by atoms with Crippen LogP contribution in [0, 0.1) is 23.7 Å². The minimum atomic E-state index is -0.863. The van der Waals surface area contributed by atoms with E-state index in [1.165, 1.54) is 0 Å². The predicted molar refractivity (Wildman–Crippen MR) is 77.2 cm³/mol. The number of benzene rings is 1. The highest BCUT2D eigenvalue weighted by Gasteiger charge is 2.26. The van der Waals surface area contributed by atoms with Crippen molar-refractivity contribution in [2.45, 2.75) is 46.1 Å². The lowest BCUT2D eigenvalue weighted by Crippen LogP contribution is -2.30. The van der Waals surface area contributed by atoms with Gasteiger partial charge in [0.2, 0.25) is 0 Å². The first kappa shape index (κ1) is 14.8. The van der Waals surface area contributed by atoms with Gasteiger partial charge in [-0.3, -0.25) is 0 Å². The molecule has 0 atom stereocenters. The molecule has 98 valence electrons. The van der Waals surface area contributed by atoms with Gasteiger partial charge >= 0.3 is 0 Å². The van der Waals surface area contributed by atoms with E-state index in [0.29, 0.717) is 11.8 Å². The molecule has 0 heterocycles. The van der Waals surface area contributed by atoms with Crippen LogP contribution in [-0.2, 0) is 0 Å². The van der Waals surface area contributed by atoms with Crippen LogP contribution in [0.2, 0.25) is 0 Å². The van der Waals surface area contributed by atoms with Gasteiger partial charge in [-0.05, 0) is 36.8 Å². The van der Waals surface area contributed by atoms with Crippen LogP contribution in [0.15, 0.2) is 30.3 Å². The van der Waals surface area contributed by atoms with Gasteiger partial charge in [0.1, 0.15) is 5.60 Å². The fourth-order valence-electron chi connectivity index (χ4n) is 2.25. The molecule has 0 spiro atoms. The molecule has 0 amide bonds. The van der Waals surface area contributed by atoms with Crippen LogP contribution in [0.3, 0.4) is 0 Å². The lowest BCUT2D eigenvalue weighted by molar-refractivity contribution is 0.0567. The minimum absolute atomic E-state index is 0.443. The maximum atomic E-state index is 10.6. The number of hydrogen-bond acceptors (Lipinski definition) is 1. The van der Waals surface area contributed by atoms with Crippen LogP contribution in [0.4, 0.5) is 0 Å². The Morgan fingerprint density at radius 3 is 1.94 bits per heavy atom. The molecule has 0 aliphatic heterocycles. The minimum Gasteiger partial charge on any atom is -0.378 e. The molecule has 0 fully saturated rings. The van der Waals surface area contributed by atoms with E-state index in [-0.39, 0.29) is 0 Å². The first-order valence-electron chi connectivity index (χ1n) is 6.72. The Balaban J connectivity index is 2.88. The molecule has 0 saturated carbocycles. The first-order chi connectivity index (χ1) is 8.41. The first-order valence-corrected chi connectivity index (χ1v) is 6.72. The number of aliphatic hydroxyl groups is 1. The summed E-state index contributed by atoms with van der Waals surface area (Å²) in [6.07, 6.45) is 1.45. The maximum absolute atomic E-state index is 10.6. The molecule has 18 heavy (non-hydrogen) atoms. The molecule has 0 unspecified atom stereocenters. The van der Waals surface area contributed by atoms with Gasteiger partial charge < -0.3 is 5.11 Å². The van der Waals surface area contributed by atoms with Gasteiger partial charge in [0.05, 0.1) is 0 Å². The molecule has 1 N–H and O–H groups in total. The summed E-state index contributed by atoms with van der Waals surface area (Å²) < 4.78 is 0. The Morgan fingerprint density at radius 1 is 1.00 bits per heavy atom. The zero-order valence-electron chi connectivity index (χ0n) is 11.9. The Hall–Kier alpha value is -1.26. The molecule has 0 aliphatic carbocycles. The van der Waals surface area contributed by atoms with Crippen molar-refractivity contribution in [3.05, 3.63) is 35.9 Å². The molecule has 0 aromatic heterocycles. The summed E-state index contributed by atoms with van der Waals surface area (Å²) in [5.41, 5.74) is 0.0986. The van der Waals surface area contributed by atoms with Crippen molar-refractivity contribution in [2.24, 2.45) is 11.8 Å². The van der Waals surface area contributed by atoms with E-state index < -0.39 is 5.60 Å². The van der Waals surface area contributed by atoms with Crippen LogP contribution in [0.1, 0.15) is 46.1 Å². The van der Waals surface area contributed by atoms with Crippen LogP contribution in [-0.4, -0.2) is 10.7 Å². The summed E-state index contributed by atoms with van der Waals surface area (Å²) >= 11 is 0. The molecular formula is C17H24O. The van der Waals surface area contributed by atoms with Crippen molar-refractivity contribution >= 4 is 0 Å². The normalized spacial score (nSPS) is 11.5. The second-order valence-corrected chi connectivity index (χ2v) is 5.84. The topological polar surface area (TPSA) is 20.2 Å². The van der Waals surface area contributed by atoms with E-state index in [0.717, 1.165) is 18.4 Å². The van der Waals surface area contributed by atoms with Gasteiger partial charge in [0, 0.05) is 5.56 Å². The maximum Gasteiger partial charge on any atom is 0.126 e. The number of rotatable bonds is 4. The van der Waals surface area contributed by atoms with Crippen molar-refractivity contribution in [2.75, 3.05) is 0 Å². The van der Waals surface area contributed by atoms with E-state index in [1.807, 2.05) is 30.3 Å². The van der Waals surface area contributed by atoms with E-state index in [4.69, 9.17) is 0 Å². The molecule has 1 nitrogen and oxygen atoms in total. The third-order valence-corrected chi connectivity index (χ3v) is 2.71. The molecule has 1 rings (SSSR count). The lowest BCUT2D eigenvalue weighted by Gasteiger charge is -2.26. The Morgan fingerprint density at radius 2 is 1.50 bits per heavy atom. The summed E-state index contributed by atoms with van der Waals surface area (Å²) in [7, 11) is 0. The second-order valence-electron chi connectivity index (χ2n) is 5.84. The molecule has 0 saturated heterocycles. The van der Waals surface area contributed by atoms with Gasteiger partial charge in [-0.2, -0.15) is 0 Å². The van der Waals surface area contributed by atoms with Crippen LogP contribution in [0.25, 0.3) is 0 Å². The number of hydrogen-bond donors (Lipinski definition) is 1. The standard InChI is InChI=1S/C17H24O/c1-14(2)12-17(18,13-15(3)4)11-10-16-8-6-5-7-9-16/h5-9,14-15,18H,12-13H2,1-4H3. The van der Waals surface area contributed by atoms with Crippen molar-refractivity contribution in [3.63, 3.8) is 0 Å². The fraction of sp³-hybridized carbons (Fsp3) is 0.529. The Kier molecular flexibility index (Phi) is 5.44. The van der Waals surface area contributed by atoms with Crippen molar-refractivity contribution in [1.29, 1.82) is 0 Å². The smallest absolute Gasteiger partial charge is 0.126 e. The lowest BCUT2D eigenvalue weighted by atomic mass is 9.85. The van der Waals surface area contributed by atoms with E-state index in [9.17, 15) is 5.11 Å². The average Bonchev–Trinajstić information content (AvgIpc) is 2.26. The second kappa shape index (κ2) is 6.61. The SMILES string of the molecule is CC(C)CC(O)(C#Cc1ccccc1)CC(C)C. The van der Waals surface area contributed by atoms with Crippen molar-refractivity contribution in [1.82, 2.24) is 0 Å². The highest BCUT2D eigenvalue weighted by molar-refractivity contribution is 5.35. The summed E-state index contributed by atoms with van der Waals surface area (Å²) in [4.78, 5) is 0. The molecule has 0 aliphatic rings. The van der Waals surface area contributed by atoms with Gasteiger partial charge in [-0.25, -0.2) is 0 Å². The Bertz CT molecular complexity index is 396. The highest BCUT2D eigenvalue weighted by atomic mass is 16.3. The van der Waals surface area contributed by atoms with Gasteiger partial charge in [0.15, 0.2) is 0 Å². The molecular weight excluding hydrogens is 220 g/mol. The monoisotopic (exact) mass is 244 g/mol.